The highest BCUT2D eigenvalue weighted by atomic mass is 32.2. The fourth-order valence-corrected chi connectivity index (χ4v) is 5.64. The van der Waals surface area contributed by atoms with Gasteiger partial charge in [0, 0.05) is 26.1 Å². The van der Waals surface area contributed by atoms with Gasteiger partial charge in [-0.2, -0.15) is 0 Å². The van der Waals surface area contributed by atoms with Gasteiger partial charge in [-0.1, -0.05) is 56.3 Å². The summed E-state index contributed by atoms with van der Waals surface area (Å²) >= 11 is 0. The molecule has 182 valence electrons. The Morgan fingerprint density at radius 2 is 1.71 bits per heavy atom. The van der Waals surface area contributed by atoms with Gasteiger partial charge in [0.1, 0.15) is 10.9 Å². The number of amides is 3. The number of nitrogens with one attached hydrogen (secondary N) is 1. The van der Waals surface area contributed by atoms with Crippen molar-refractivity contribution < 1.29 is 22.8 Å². The van der Waals surface area contributed by atoms with Gasteiger partial charge in [-0.3, -0.25) is 14.4 Å². The van der Waals surface area contributed by atoms with E-state index in [0.29, 0.717) is 13.0 Å². The molecule has 2 aromatic rings. The van der Waals surface area contributed by atoms with E-state index in [-0.39, 0.29) is 48.2 Å². The number of rotatable bonds is 11. The molecular formula is C25H31N3O5S. The highest BCUT2D eigenvalue weighted by molar-refractivity contribution is 7.90. The number of hydrogen-bond donors (Lipinski definition) is 1. The van der Waals surface area contributed by atoms with Crippen LogP contribution in [0.4, 0.5) is 0 Å². The zero-order valence-corrected chi connectivity index (χ0v) is 20.4. The first-order chi connectivity index (χ1) is 16.3. The lowest BCUT2D eigenvalue weighted by atomic mass is 10.1. The zero-order chi connectivity index (χ0) is 24.7. The molecule has 1 heterocycles. The number of benzene rings is 2. The first kappa shape index (κ1) is 25.4. The van der Waals surface area contributed by atoms with Gasteiger partial charge in [0.05, 0.1) is 5.56 Å². The normalized spacial score (nSPS) is 15.0. The Morgan fingerprint density at radius 3 is 2.35 bits per heavy atom. The van der Waals surface area contributed by atoms with Gasteiger partial charge in [0.25, 0.3) is 15.9 Å². The maximum Gasteiger partial charge on any atom is 0.269 e. The summed E-state index contributed by atoms with van der Waals surface area (Å²) in [6, 6.07) is 14.9. The molecule has 0 radical (unpaired) electrons. The van der Waals surface area contributed by atoms with E-state index in [1.165, 1.54) is 12.1 Å². The molecule has 3 rings (SSSR count). The molecule has 0 aliphatic carbocycles. The molecule has 8 nitrogen and oxygen atoms in total. The zero-order valence-electron chi connectivity index (χ0n) is 19.6. The quantitative estimate of drug-likeness (QED) is 0.527. The van der Waals surface area contributed by atoms with E-state index in [4.69, 9.17) is 0 Å². The Morgan fingerprint density at radius 1 is 1.03 bits per heavy atom. The molecule has 0 bridgehead atoms. The summed E-state index contributed by atoms with van der Waals surface area (Å²) in [7, 11) is -3.91. The fraction of sp³-hybridized carbons (Fsp3) is 0.400. The molecule has 2 aromatic carbocycles. The van der Waals surface area contributed by atoms with Gasteiger partial charge >= 0.3 is 0 Å². The Hall–Kier alpha value is -3.20. The predicted octanol–water partition coefficient (Wildman–Crippen LogP) is 2.94. The molecule has 9 heteroatoms. The summed E-state index contributed by atoms with van der Waals surface area (Å²) in [6.45, 7) is 4.51. The van der Waals surface area contributed by atoms with E-state index in [1.807, 2.05) is 44.2 Å². The van der Waals surface area contributed by atoms with Gasteiger partial charge in [0.15, 0.2) is 0 Å². The number of fused-ring (bicyclic) bond motifs is 1. The third-order valence-corrected chi connectivity index (χ3v) is 7.64. The molecule has 0 unspecified atom stereocenters. The largest absolute Gasteiger partial charge is 0.354 e. The van der Waals surface area contributed by atoms with Crippen molar-refractivity contribution in [3.05, 3.63) is 65.7 Å². The Labute approximate surface area is 201 Å². The summed E-state index contributed by atoms with van der Waals surface area (Å²) in [4.78, 5) is 40.2. The Balaban J connectivity index is 1.71. The second-order valence-corrected chi connectivity index (χ2v) is 10.0. The summed E-state index contributed by atoms with van der Waals surface area (Å²) in [6.07, 6.45) is 1.41. The van der Waals surface area contributed by atoms with Crippen molar-refractivity contribution in [3.63, 3.8) is 0 Å². The Kier molecular flexibility index (Phi) is 8.44. The number of carbonyl (C=O) groups is 3. The van der Waals surface area contributed by atoms with Gasteiger partial charge in [-0.25, -0.2) is 12.7 Å². The molecule has 1 aliphatic rings. The average Bonchev–Trinajstić information content (AvgIpc) is 3.03. The van der Waals surface area contributed by atoms with Gasteiger partial charge in [-0.15, -0.1) is 0 Å². The second-order valence-electron chi connectivity index (χ2n) is 8.20. The van der Waals surface area contributed by atoms with Crippen LogP contribution >= 0.6 is 0 Å². The standard InChI is InChI=1S/C25H31N3O5S/c1-3-16-26-24(30)21(4-2)27(18-19-11-6-5-7-12-19)23(29)15-10-17-28-25(31)20-13-8-9-14-22(20)34(28,32)33/h5-9,11-14,21H,3-4,10,15-18H2,1-2H3,(H,26,30)/t21-/m1/s1. The third kappa shape index (κ3) is 5.47. The molecular weight excluding hydrogens is 454 g/mol. The highest BCUT2D eigenvalue weighted by Gasteiger charge is 2.40. The molecule has 0 saturated carbocycles. The van der Waals surface area contributed by atoms with Crippen LogP contribution in [0.25, 0.3) is 0 Å². The molecule has 1 N–H and O–H groups in total. The second kappa shape index (κ2) is 11.3. The molecule has 1 atom stereocenters. The van der Waals surface area contributed by atoms with E-state index >= 15 is 0 Å². The lowest BCUT2D eigenvalue weighted by Gasteiger charge is -2.31. The van der Waals surface area contributed by atoms with Crippen molar-refractivity contribution in [2.24, 2.45) is 0 Å². The van der Waals surface area contributed by atoms with Crippen molar-refractivity contribution in [1.82, 2.24) is 14.5 Å². The van der Waals surface area contributed by atoms with Crippen LogP contribution in [0.2, 0.25) is 0 Å². The van der Waals surface area contributed by atoms with Crippen molar-refractivity contribution >= 4 is 27.7 Å². The van der Waals surface area contributed by atoms with Gasteiger partial charge in [0.2, 0.25) is 11.8 Å². The maximum absolute atomic E-state index is 13.3. The predicted molar refractivity (Wildman–Crippen MR) is 128 cm³/mol. The van der Waals surface area contributed by atoms with Crippen LogP contribution in [0, 0.1) is 0 Å². The number of hydrogen-bond acceptors (Lipinski definition) is 5. The number of nitrogens with zero attached hydrogens (tertiary/aromatic N) is 2. The third-order valence-electron chi connectivity index (χ3n) is 5.79. The Bertz CT molecular complexity index is 1130. The minimum atomic E-state index is -3.91. The SMILES string of the molecule is CCCNC(=O)[C@@H](CC)N(Cc1ccccc1)C(=O)CCCN1C(=O)c2ccccc2S1(=O)=O. The summed E-state index contributed by atoms with van der Waals surface area (Å²) < 4.78 is 26.3. The van der Waals surface area contributed by atoms with E-state index in [9.17, 15) is 22.8 Å². The summed E-state index contributed by atoms with van der Waals surface area (Å²) in [5.41, 5.74) is 1.04. The molecule has 0 fully saturated rings. The van der Waals surface area contributed by atoms with E-state index < -0.39 is 22.0 Å². The lowest BCUT2D eigenvalue weighted by Crippen LogP contribution is -2.49. The molecule has 0 saturated heterocycles. The minimum absolute atomic E-state index is 0.00401. The maximum atomic E-state index is 13.3. The highest BCUT2D eigenvalue weighted by Crippen LogP contribution is 2.30. The number of carbonyl (C=O) groups excluding carboxylic acids is 3. The molecule has 0 spiro atoms. The summed E-state index contributed by atoms with van der Waals surface area (Å²) in [5, 5.41) is 2.87. The van der Waals surface area contributed by atoms with Crippen LogP contribution in [0.3, 0.4) is 0 Å². The van der Waals surface area contributed by atoms with E-state index in [1.54, 1.807) is 17.0 Å². The topological polar surface area (TPSA) is 104 Å². The van der Waals surface area contributed by atoms with Crippen LogP contribution in [0.15, 0.2) is 59.5 Å². The van der Waals surface area contributed by atoms with E-state index in [2.05, 4.69) is 5.32 Å². The first-order valence-electron chi connectivity index (χ1n) is 11.6. The van der Waals surface area contributed by atoms with Gasteiger partial charge < -0.3 is 10.2 Å². The number of sulfonamides is 1. The monoisotopic (exact) mass is 485 g/mol. The smallest absolute Gasteiger partial charge is 0.269 e. The minimum Gasteiger partial charge on any atom is -0.354 e. The van der Waals surface area contributed by atoms with Crippen LogP contribution in [0.5, 0.6) is 0 Å². The molecule has 34 heavy (non-hydrogen) atoms. The van der Waals surface area contributed by atoms with Crippen molar-refractivity contribution in [2.75, 3.05) is 13.1 Å². The molecule has 1 aliphatic heterocycles. The van der Waals surface area contributed by atoms with Crippen molar-refractivity contribution in [3.8, 4) is 0 Å². The first-order valence-corrected chi connectivity index (χ1v) is 13.0. The lowest BCUT2D eigenvalue weighted by molar-refractivity contribution is -0.141. The van der Waals surface area contributed by atoms with E-state index in [0.717, 1.165) is 16.3 Å². The van der Waals surface area contributed by atoms with Crippen LogP contribution in [0.1, 0.15) is 55.5 Å². The van der Waals surface area contributed by atoms with Crippen LogP contribution in [-0.2, 0) is 26.2 Å². The van der Waals surface area contributed by atoms with Crippen molar-refractivity contribution in [2.45, 2.75) is 57.0 Å². The summed E-state index contributed by atoms with van der Waals surface area (Å²) in [5.74, 6) is -1.04. The van der Waals surface area contributed by atoms with Crippen LogP contribution < -0.4 is 5.32 Å². The van der Waals surface area contributed by atoms with Gasteiger partial charge in [-0.05, 0) is 37.0 Å². The van der Waals surface area contributed by atoms with Crippen LogP contribution in [-0.4, -0.2) is 54.5 Å². The average molecular weight is 486 g/mol. The van der Waals surface area contributed by atoms with Crippen molar-refractivity contribution in [1.29, 1.82) is 0 Å². The molecule has 0 aromatic heterocycles. The fourth-order valence-electron chi connectivity index (χ4n) is 4.04. The molecule has 3 amide bonds.